The van der Waals surface area contributed by atoms with Crippen LogP contribution < -0.4 is 0 Å². The fourth-order valence-electron chi connectivity index (χ4n) is 4.77. The number of nitrogens with zero attached hydrogens (tertiary/aromatic N) is 7. The molecule has 6 rings (SSSR count). The highest BCUT2D eigenvalue weighted by molar-refractivity contribution is 7.18. The van der Waals surface area contributed by atoms with E-state index in [1.165, 1.54) is 16.8 Å². The summed E-state index contributed by atoms with van der Waals surface area (Å²) in [5, 5.41) is 18.6. The Kier molecular flexibility index (Phi) is 6.49. The molecular weight excluding hydrogens is 539 g/mol. The number of halogens is 3. The largest absolute Gasteiger partial charge is 0.443 e. The average Bonchev–Trinajstić information content (AvgIpc) is 3.53. The van der Waals surface area contributed by atoms with Gasteiger partial charge in [-0.05, 0) is 30.7 Å². The van der Waals surface area contributed by atoms with E-state index in [1.54, 1.807) is 13.0 Å². The summed E-state index contributed by atoms with van der Waals surface area (Å²) >= 11 is 0.516. The lowest BCUT2D eigenvalue weighted by molar-refractivity contribution is -0.309. The molecule has 0 amide bonds. The molecule has 11 nitrogen and oxygen atoms in total. The zero-order valence-corrected chi connectivity index (χ0v) is 21.0. The molecule has 2 aromatic heterocycles. The Labute approximate surface area is 222 Å². The molecule has 2 aliphatic heterocycles. The van der Waals surface area contributed by atoms with Crippen molar-refractivity contribution >= 4 is 21.6 Å². The predicted octanol–water partition coefficient (Wildman–Crippen LogP) is 4.80. The van der Waals surface area contributed by atoms with Gasteiger partial charge in [0.25, 0.3) is 0 Å². The average molecular weight is 560 g/mol. The van der Waals surface area contributed by atoms with E-state index in [9.17, 15) is 23.8 Å². The van der Waals surface area contributed by atoms with Crippen molar-refractivity contribution in [1.29, 1.82) is 0 Å². The minimum atomic E-state index is -4.56. The number of aliphatic hydroxyl groups is 1. The first-order valence-corrected chi connectivity index (χ1v) is 12.7. The number of thiazole rings is 1. The van der Waals surface area contributed by atoms with E-state index in [0.29, 0.717) is 27.5 Å². The molecule has 4 unspecified atom stereocenters. The molecule has 0 saturated carbocycles. The van der Waals surface area contributed by atoms with Crippen molar-refractivity contribution in [2.75, 3.05) is 6.61 Å². The quantitative estimate of drug-likeness (QED) is 0.215. The smallest absolute Gasteiger partial charge is 0.389 e. The first kappa shape index (κ1) is 25.7. The number of alkyl halides is 3. The summed E-state index contributed by atoms with van der Waals surface area (Å²) in [6.45, 7) is 1.72. The van der Waals surface area contributed by atoms with Crippen LogP contribution in [0.3, 0.4) is 0 Å². The number of azide groups is 1. The summed E-state index contributed by atoms with van der Waals surface area (Å²) in [4.78, 5) is 11.0. The van der Waals surface area contributed by atoms with Crippen LogP contribution in [0.4, 0.5) is 13.2 Å². The lowest BCUT2D eigenvalue weighted by atomic mass is 9.91. The molecule has 1 N–H and O–H groups in total. The van der Waals surface area contributed by atoms with Gasteiger partial charge in [0.2, 0.25) is 0 Å². The standard InChI is InChI=1S/C24H20F3N7O4S/c1-11-29-21(34(32-11)13-7-8-14-16(9-13)39-23(30-14)24(25,26)27)20-18(35)17(31-33-28)19-15(37-20)10-36-22(38-19)12-5-3-2-4-6-12/h2-9,15,17-20,22,35H,10H2,1H3/t15?,17?,18?,19-,20+,22?/m0/s1. The third kappa shape index (κ3) is 4.73. The number of hydrogen-bond donors (Lipinski definition) is 1. The molecule has 2 aliphatic rings. The van der Waals surface area contributed by atoms with Crippen LogP contribution in [0.1, 0.15) is 34.6 Å². The SMILES string of the molecule is Cc1nc([C@@H]2OC3COC(c4ccccc4)O[C@@H]3C(N=[N+]=[N-])C2O)n(-c2ccc3nc(C(F)(F)F)sc3c2)n1. The normalized spacial score (nSPS) is 27.2. The molecule has 0 bridgehead atoms. The van der Waals surface area contributed by atoms with E-state index in [1.807, 2.05) is 30.3 Å². The van der Waals surface area contributed by atoms with E-state index < -0.39 is 47.9 Å². The molecular formula is C24H20F3N7O4S. The molecule has 2 fully saturated rings. The predicted molar refractivity (Wildman–Crippen MR) is 131 cm³/mol. The summed E-state index contributed by atoms with van der Waals surface area (Å²) in [7, 11) is 0. The van der Waals surface area contributed by atoms with Crippen molar-refractivity contribution in [2.45, 2.75) is 49.8 Å². The number of hydrogen-bond acceptors (Lipinski definition) is 9. The molecule has 2 aromatic carbocycles. The number of aliphatic hydroxyl groups excluding tert-OH is 1. The Hall–Kier alpha value is -3.59. The third-order valence-corrected chi connectivity index (χ3v) is 7.55. The molecule has 4 aromatic rings. The van der Waals surface area contributed by atoms with E-state index in [4.69, 9.17) is 14.2 Å². The maximum Gasteiger partial charge on any atom is 0.443 e. The van der Waals surface area contributed by atoms with Crippen LogP contribution in [-0.4, -0.2) is 55.8 Å². The second kappa shape index (κ2) is 9.86. The highest BCUT2D eigenvalue weighted by Gasteiger charge is 2.51. The van der Waals surface area contributed by atoms with Crippen LogP contribution in [-0.2, 0) is 20.4 Å². The molecule has 0 aliphatic carbocycles. The number of ether oxygens (including phenoxy) is 3. The number of benzene rings is 2. The molecule has 15 heteroatoms. The summed E-state index contributed by atoms with van der Waals surface area (Å²) < 4.78 is 59.4. The molecule has 202 valence electrons. The summed E-state index contributed by atoms with van der Waals surface area (Å²) in [5.74, 6) is 0.519. The topological polar surface area (TPSA) is 140 Å². The molecule has 0 spiro atoms. The molecule has 0 radical (unpaired) electrons. The van der Waals surface area contributed by atoms with Crippen molar-refractivity contribution in [3.8, 4) is 5.69 Å². The first-order chi connectivity index (χ1) is 18.7. The highest BCUT2D eigenvalue weighted by Crippen LogP contribution is 2.41. The Morgan fingerprint density at radius 1 is 1.15 bits per heavy atom. The number of aromatic nitrogens is 4. The maximum atomic E-state index is 13.2. The van der Waals surface area contributed by atoms with Gasteiger partial charge in [-0.2, -0.15) is 18.3 Å². The number of rotatable bonds is 4. The van der Waals surface area contributed by atoms with Crippen LogP contribution in [0, 0.1) is 6.92 Å². The van der Waals surface area contributed by atoms with Crippen molar-refractivity contribution in [3.63, 3.8) is 0 Å². The van der Waals surface area contributed by atoms with Crippen LogP contribution >= 0.6 is 11.3 Å². The monoisotopic (exact) mass is 559 g/mol. The van der Waals surface area contributed by atoms with Gasteiger partial charge in [0.1, 0.15) is 24.1 Å². The molecule has 6 atom stereocenters. The van der Waals surface area contributed by atoms with Gasteiger partial charge in [-0.25, -0.2) is 14.6 Å². The van der Waals surface area contributed by atoms with E-state index in [2.05, 4.69) is 25.1 Å². The second-order valence-corrected chi connectivity index (χ2v) is 10.1. The highest BCUT2D eigenvalue weighted by atomic mass is 32.1. The second-order valence-electron chi connectivity index (χ2n) is 9.06. The Balaban J connectivity index is 1.33. The number of fused-ring (bicyclic) bond motifs is 2. The van der Waals surface area contributed by atoms with Crippen LogP contribution in [0.15, 0.2) is 53.6 Å². The third-order valence-electron chi connectivity index (χ3n) is 6.49. The molecule has 2 saturated heterocycles. The van der Waals surface area contributed by atoms with Crippen LogP contribution in [0.2, 0.25) is 0 Å². The van der Waals surface area contributed by atoms with Gasteiger partial charge in [0, 0.05) is 10.5 Å². The fourth-order valence-corrected chi connectivity index (χ4v) is 5.64. The van der Waals surface area contributed by atoms with Gasteiger partial charge in [0.05, 0.1) is 34.7 Å². The van der Waals surface area contributed by atoms with Crippen molar-refractivity contribution in [1.82, 2.24) is 19.7 Å². The zero-order valence-electron chi connectivity index (χ0n) is 20.1. The van der Waals surface area contributed by atoms with Gasteiger partial charge in [0.15, 0.2) is 17.1 Å². The van der Waals surface area contributed by atoms with Crippen molar-refractivity contribution in [3.05, 3.63) is 81.2 Å². The van der Waals surface area contributed by atoms with Gasteiger partial charge in [-0.3, -0.25) is 0 Å². The fraction of sp³-hybridized carbons (Fsp3) is 0.375. The van der Waals surface area contributed by atoms with Crippen molar-refractivity contribution < 1.29 is 32.5 Å². The Morgan fingerprint density at radius 2 is 1.95 bits per heavy atom. The minimum absolute atomic E-state index is 0.0884. The lowest BCUT2D eigenvalue weighted by Gasteiger charge is -2.46. The van der Waals surface area contributed by atoms with Crippen molar-refractivity contribution in [2.24, 2.45) is 5.11 Å². The Morgan fingerprint density at radius 3 is 2.69 bits per heavy atom. The van der Waals surface area contributed by atoms with Gasteiger partial charge in [-0.15, -0.1) is 11.3 Å². The van der Waals surface area contributed by atoms with Gasteiger partial charge in [-0.1, -0.05) is 35.4 Å². The molecule has 4 heterocycles. The van der Waals surface area contributed by atoms with Crippen LogP contribution in [0.5, 0.6) is 0 Å². The summed E-state index contributed by atoms with van der Waals surface area (Å²) in [6, 6.07) is 12.7. The maximum absolute atomic E-state index is 13.2. The number of aryl methyl sites for hydroxylation is 1. The summed E-state index contributed by atoms with van der Waals surface area (Å²) in [5.41, 5.74) is 10.6. The van der Waals surface area contributed by atoms with E-state index >= 15 is 0 Å². The molecule has 39 heavy (non-hydrogen) atoms. The lowest BCUT2D eigenvalue weighted by Crippen LogP contribution is -2.58. The van der Waals surface area contributed by atoms with E-state index in [-0.39, 0.29) is 17.9 Å². The van der Waals surface area contributed by atoms with Gasteiger partial charge < -0.3 is 19.3 Å². The van der Waals surface area contributed by atoms with E-state index in [0.717, 1.165) is 5.56 Å². The first-order valence-electron chi connectivity index (χ1n) is 11.8. The minimum Gasteiger partial charge on any atom is -0.389 e. The van der Waals surface area contributed by atoms with Crippen LogP contribution in [0.25, 0.3) is 26.3 Å². The van der Waals surface area contributed by atoms with Gasteiger partial charge >= 0.3 is 6.18 Å². The summed E-state index contributed by atoms with van der Waals surface area (Å²) in [6.07, 6.45) is -9.30. The Bertz CT molecular complexity index is 1560. The zero-order chi connectivity index (χ0) is 27.3.